The van der Waals surface area contributed by atoms with Gasteiger partial charge in [-0.25, -0.2) is 0 Å². The second kappa shape index (κ2) is 7.21. The third-order valence-electron chi connectivity index (χ3n) is 3.93. The van der Waals surface area contributed by atoms with Crippen LogP contribution in [0.15, 0.2) is 41.8 Å². The fourth-order valence-electron chi connectivity index (χ4n) is 2.95. The van der Waals surface area contributed by atoms with Gasteiger partial charge < -0.3 is 4.74 Å². The van der Waals surface area contributed by atoms with Crippen molar-refractivity contribution in [2.24, 2.45) is 0 Å². The Labute approximate surface area is 131 Å². The summed E-state index contributed by atoms with van der Waals surface area (Å²) in [6.07, 6.45) is 2.83. The molecule has 1 aromatic heterocycles. The van der Waals surface area contributed by atoms with Crippen LogP contribution in [-0.4, -0.2) is 24.2 Å². The summed E-state index contributed by atoms with van der Waals surface area (Å²) in [6.45, 7) is 6.14. The van der Waals surface area contributed by atoms with Gasteiger partial charge in [-0.15, -0.1) is 11.3 Å². The molecule has 1 aromatic carbocycles. The first-order valence-corrected chi connectivity index (χ1v) is 8.59. The molecule has 2 heterocycles. The molecule has 0 bridgehead atoms. The molecule has 3 rings (SSSR count). The van der Waals surface area contributed by atoms with Crippen molar-refractivity contribution in [2.75, 3.05) is 13.2 Å². The van der Waals surface area contributed by atoms with E-state index in [9.17, 15) is 0 Å². The highest BCUT2D eigenvalue weighted by molar-refractivity contribution is 7.09. The van der Waals surface area contributed by atoms with E-state index < -0.39 is 0 Å². The van der Waals surface area contributed by atoms with Gasteiger partial charge in [0.2, 0.25) is 0 Å². The number of hydrogen-bond donors (Lipinski definition) is 0. The quantitative estimate of drug-likeness (QED) is 0.791. The van der Waals surface area contributed by atoms with Crippen molar-refractivity contribution in [1.82, 2.24) is 4.90 Å². The van der Waals surface area contributed by atoms with Gasteiger partial charge in [0, 0.05) is 31.1 Å². The summed E-state index contributed by atoms with van der Waals surface area (Å²) in [5.41, 5.74) is 2.73. The summed E-state index contributed by atoms with van der Waals surface area (Å²) in [4.78, 5) is 3.96. The standard InChI is InChI=1S/C18H23NOS/c1-15-5-2-6-16(11-15)12-19(13-17-7-3-9-20-17)14-18-8-4-10-21-18/h2,4-6,8,10-11,17H,3,7,9,12-14H2,1H3. The van der Waals surface area contributed by atoms with Gasteiger partial charge in [0.05, 0.1) is 6.10 Å². The maximum atomic E-state index is 5.83. The zero-order chi connectivity index (χ0) is 14.5. The number of hydrogen-bond acceptors (Lipinski definition) is 3. The Morgan fingerprint density at radius 3 is 2.90 bits per heavy atom. The van der Waals surface area contributed by atoms with Crippen LogP contribution in [0.1, 0.15) is 28.8 Å². The molecule has 0 radical (unpaired) electrons. The van der Waals surface area contributed by atoms with Crippen molar-refractivity contribution in [3.8, 4) is 0 Å². The molecule has 112 valence electrons. The maximum Gasteiger partial charge on any atom is 0.0703 e. The highest BCUT2D eigenvalue weighted by Crippen LogP contribution is 2.19. The molecule has 0 spiro atoms. The second-order valence-electron chi connectivity index (χ2n) is 5.87. The van der Waals surface area contributed by atoms with E-state index in [2.05, 4.69) is 53.6 Å². The average molecular weight is 301 g/mol. The van der Waals surface area contributed by atoms with E-state index in [1.54, 1.807) is 0 Å². The van der Waals surface area contributed by atoms with Crippen LogP contribution in [0.4, 0.5) is 0 Å². The Hall–Kier alpha value is -1.16. The number of benzene rings is 1. The largest absolute Gasteiger partial charge is 0.377 e. The maximum absolute atomic E-state index is 5.83. The fourth-order valence-corrected chi connectivity index (χ4v) is 3.70. The van der Waals surface area contributed by atoms with Crippen LogP contribution in [0.3, 0.4) is 0 Å². The van der Waals surface area contributed by atoms with E-state index in [1.165, 1.54) is 28.8 Å². The molecule has 1 saturated heterocycles. The lowest BCUT2D eigenvalue weighted by atomic mass is 10.1. The van der Waals surface area contributed by atoms with Crippen molar-refractivity contribution in [3.05, 3.63) is 57.8 Å². The highest BCUT2D eigenvalue weighted by Gasteiger charge is 2.19. The van der Waals surface area contributed by atoms with E-state index in [0.717, 1.165) is 26.2 Å². The smallest absolute Gasteiger partial charge is 0.0703 e. The number of aryl methyl sites for hydroxylation is 1. The summed E-state index contributed by atoms with van der Waals surface area (Å²) in [6, 6.07) is 13.2. The van der Waals surface area contributed by atoms with Crippen LogP contribution in [0.2, 0.25) is 0 Å². The molecule has 2 nitrogen and oxygen atoms in total. The molecular weight excluding hydrogens is 278 g/mol. The molecule has 1 fully saturated rings. The second-order valence-corrected chi connectivity index (χ2v) is 6.91. The first-order valence-electron chi connectivity index (χ1n) is 7.71. The van der Waals surface area contributed by atoms with Crippen molar-refractivity contribution < 1.29 is 4.74 Å². The Balaban J connectivity index is 1.68. The van der Waals surface area contributed by atoms with E-state index in [1.807, 2.05) is 11.3 Å². The summed E-state index contributed by atoms with van der Waals surface area (Å²) >= 11 is 1.84. The lowest BCUT2D eigenvalue weighted by Crippen LogP contribution is -2.31. The first-order chi connectivity index (χ1) is 10.3. The number of rotatable bonds is 6. The molecule has 0 aliphatic carbocycles. The van der Waals surface area contributed by atoms with Crippen molar-refractivity contribution in [2.45, 2.75) is 39.0 Å². The van der Waals surface area contributed by atoms with Crippen molar-refractivity contribution in [3.63, 3.8) is 0 Å². The first kappa shape index (κ1) is 14.8. The summed E-state index contributed by atoms with van der Waals surface area (Å²) < 4.78 is 5.83. The van der Waals surface area contributed by atoms with Gasteiger partial charge in [0.25, 0.3) is 0 Å². The molecule has 3 heteroatoms. The third kappa shape index (κ3) is 4.40. The van der Waals surface area contributed by atoms with Crippen LogP contribution in [0, 0.1) is 6.92 Å². The lowest BCUT2D eigenvalue weighted by molar-refractivity contribution is 0.0682. The molecule has 1 aliphatic heterocycles. The van der Waals surface area contributed by atoms with Crippen molar-refractivity contribution >= 4 is 11.3 Å². The lowest BCUT2D eigenvalue weighted by Gasteiger charge is -2.25. The zero-order valence-electron chi connectivity index (χ0n) is 12.6. The van der Waals surface area contributed by atoms with Crippen LogP contribution in [0.5, 0.6) is 0 Å². The minimum atomic E-state index is 0.412. The topological polar surface area (TPSA) is 12.5 Å². The Bertz CT molecular complexity index is 546. The Morgan fingerprint density at radius 1 is 1.24 bits per heavy atom. The molecular formula is C18H23NOS. The van der Waals surface area contributed by atoms with E-state index in [0.29, 0.717) is 6.10 Å². The van der Waals surface area contributed by atoms with Crippen LogP contribution >= 0.6 is 11.3 Å². The monoisotopic (exact) mass is 301 g/mol. The molecule has 0 saturated carbocycles. The van der Waals surface area contributed by atoms with Gasteiger partial charge in [-0.05, 0) is 36.8 Å². The summed E-state index contributed by atoms with van der Waals surface area (Å²) in [7, 11) is 0. The number of thiophene rings is 1. The van der Waals surface area contributed by atoms with Crippen LogP contribution in [0.25, 0.3) is 0 Å². The molecule has 0 amide bonds. The predicted octanol–water partition coefficient (Wildman–Crippen LogP) is 4.24. The van der Waals surface area contributed by atoms with Gasteiger partial charge in [-0.1, -0.05) is 35.9 Å². The van der Waals surface area contributed by atoms with Crippen molar-refractivity contribution in [1.29, 1.82) is 0 Å². The van der Waals surface area contributed by atoms with E-state index in [-0.39, 0.29) is 0 Å². The number of nitrogens with zero attached hydrogens (tertiary/aromatic N) is 1. The summed E-state index contributed by atoms with van der Waals surface area (Å²) in [5.74, 6) is 0. The van der Waals surface area contributed by atoms with Crippen LogP contribution in [-0.2, 0) is 17.8 Å². The fraction of sp³-hybridized carbons (Fsp3) is 0.444. The average Bonchev–Trinajstić information content (AvgIpc) is 3.12. The van der Waals surface area contributed by atoms with E-state index in [4.69, 9.17) is 4.74 Å². The Kier molecular flexibility index (Phi) is 5.07. The molecule has 1 unspecified atom stereocenters. The van der Waals surface area contributed by atoms with Gasteiger partial charge >= 0.3 is 0 Å². The normalized spacial score (nSPS) is 18.5. The zero-order valence-corrected chi connectivity index (χ0v) is 13.4. The van der Waals surface area contributed by atoms with E-state index >= 15 is 0 Å². The van der Waals surface area contributed by atoms with Gasteiger partial charge in [0.15, 0.2) is 0 Å². The highest BCUT2D eigenvalue weighted by atomic mass is 32.1. The minimum Gasteiger partial charge on any atom is -0.377 e. The van der Waals surface area contributed by atoms with Gasteiger partial charge in [-0.3, -0.25) is 4.90 Å². The van der Waals surface area contributed by atoms with Crippen LogP contribution < -0.4 is 0 Å². The third-order valence-corrected chi connectivity index (χ3v) is 4.80. The summed E-state index contributed by atoms with van der Waals surface area (Å²) in [5, 5.41) is 2.16. The molecule has 21 heavy (non-hydrogen) atoms. The minimum absolute atomic E-state index is 0.412. The molecule has 1 atom stereocenters. The van der Waals surface area contributed by atoms with Gasteiger partial charge in [-0.2, -0.15) is 0 Å². The predicted molar refractivity (Wildman–Crippen MR) is 88.6 cm³/mol. The molecule has 0 N–H and O–H groups in total. The SMILES string of the molecule is Cc1cccc(CN(Cc2cccs2)CC2CCCO2)c1. The number of ether oxygens (including phenoxy) is 1. The molecule has 2 aromatic rings. The molecule has 1 aliphatic rings. The Morgan fingerprint density at radius 2 is 2.19 bits per heavy atom. The van der Waals surface area contributed by atoms with Gasteiger partial charge in [0.1, 0.15) is 0 Å².